The van der Waals surface area contributed by atoms with Gasteiger partial charge < -0.3 is 10.1 Å². The largest absolute Gasteiger partial charge is 0.378 e. The van der Waals surface area contributed by atoms with Crippen molar-refractivity contribution in [3.05, 3.63) is 24.3 Å². The molecule has 0 aliphatic carbocycles. The molecule has 2 heterocycles. The summed E-state index contributed by atoms with van der Waals surface area (Å²) >= 11 is 0. The first-order valence-corrected chi connectivity index (χ1v) is 7.01. The van der Waals surface area contributed by atoms with Gasteiger partial charge >= 0.3 is 0 Å². The quantitative estimate of drug-likeness (QED) is 0.841. The SMILES string of the molecule is CCCNC(CC1CCCCO1)c1cnccn1. The molecule has 0 bridgehead atoms. The van der Waals surface area contributed by atoms with Crippen molar-refractivity contribution in [3.63, 3.8) is 0 Å². The van der Waals surface area contributed by atoms with Crippen LogP contribution in [0.5, 0.6) is 0 Å². The van der Waals surface area contributed by atoms with Crippen LogP contribution in [0.1, 0.15) is 50.8 Å². The maximum absolute atomic E-state index is 5.82. The van der Waals surface area contributed by atoms with Crippen molar-refractivity contribution in [1.82, 2.24) is 15.3 Å². The fourth-order valence-corrected chi connectivity index (χ4v) is 2.37. The van der Waals surface area contributed by atoms with Crippen LogP contribution in [-0.4, -0.2) is 29.2 Å². The van der Waals surface area contributed by atoms with Crippen molar-refractivity contribution in [3.8, 4) is 0 Å². The third-order valence-corrected chi connectivity index (χ3v) is 3.35. The number of hydrogen-bond donors (Lipinski definition) is 1. The summed E-state index contributed by atoms with van der Waals surface area (Å²) in [4.78, 5) is 8.58. The molecular formula is C14H23N3O. The van der Waals surface area contributed by atoms with E-state index in [0.29, 0.717) is 6.10 Å². The minimum Gasteiger partial charge on any atom is -0.378 e. The van der Waals surface area contributed by atoms with E-state index >= 15 is 0 Å². The lowest BCUT2D eigenvalue weighted by Crippen LogP contribution is -2.30. The first-order chi connectivity index (χ1) is 8.90. The molecule has 1 N–H and O–H groups in total. The Morgan fingerprint density at radius 1 is 1.44 bits per heavy atom. The van der Waals surface area contributed by atoms with Crippen LogP contribution in [0.25, 0.3) is 0 Å². The summed E-state index contributed by atoms with van der Waals surface area (Å²) in [7, 11) is 0. The molecule has 18 heavy (non-hydrogen) atoms. The maximum Gasteiger partial charge on any atom is 0.0757 e. The van der Waals surface area contributed by atoms with E-state index in [0.717, 1.165) is 31.7 Å². The smallest absolute Gasteiger partial charge is 0.0757 e. The standard InChI is InChI=1S/C14H23N3O/c1-2-6-16-13(14-11-15-7-8-17-14)10-12-5-3-4-9-18-12/h7-8,11-13,16H,2-6,9-10H2,1H3. The van der Waals surface area contributed by atoms with E-state index in [4.69, 9.17) is 4.74 Å². The van der Waals surface area contributed by atoms with Crippen molar-refractivity contribution in [2.24, 2.45) is 0 Å². The number of ether oxygens (including phenoxy) is 1. The van der Waals surface area contributed by atoms with Gasteiger partial charge in [0, 0.05) is 25.2 Å². The highest BCUT2D eigenvalue weighted by atomic mass is 16.5. The predicted molar refractivity (Wildman–Crippen MR) is 71.3 cm³/mol. The molecule has 0 radical (unpaired) electrons. The van der Waals surface area contributed by atoms with Gasteiger partial charge in [0.2, 0.25) is 0 Å². The highest BCUT2D eigenvalue weighted by Crippen LogP contribution is 2.23. The van der Waals surface area contributed by atoms with E-state index in [1.165, 1.54) is 19.3 Å². The fraction of sp³-hybridized carbons (Fsp3) is 0.714. The summed E-state index contributed by atoms with van der Waals surface area (Å²) in [6, 6.07) is 0.266. The topological polar surface area (TPSA) is 47.0 Å². The predicted octanol–water partition coefficient (Wildman–Crippen LogP) is 2.48. The van der Waals surface area contributed by atoms with Crippen molar-refractivity contribution in [1.29, 1.82) is 0 Å². The number of rotatable bonds is 6. The molecule has 1 aromatic heterocycles. The molecule has 1 aromatic rings. The molecule has 0 saturated carbocycles. The minimum absolute atomic E-state index is 0.266. The van der Waals surface area contributed by atoms with E-state index in [1.54, 1.807) is 12.4 Å². The highest BCUT2D eigenvalue weighted by Gasteiger charge is 2.21. The molecule has 100 valence electrons. The average molecular weight is 249 g/mol. The average Bonchev–Trinajstić information content (AvgIpc) is 2.45. The Morgan fingerprint density at radius 3 is 3.06 bits per heavy atom. The van der Waals surface area contributed by atoms with Gasteiger partial charge in [-0.1, -0.05) is 6.92 Å². The second-order valence-electron chi connectivity index (χ2n) is 4.86. The molecule has 0 aromatic carbocycles. The first kappa shape index (κ1) is 13.4. The van der Waals surface area contributed by atoms with Gasteiger partial charge in [0.15, 0.2) is 0 Å². The second-order valence-corrected chi connectivity index (χ2v) is 4.86. The Morgan fingerprint density at radius 2 is 2.39 bits per heavy atom. The zero-order valence-electron chi connectivity index (χ0n) is 11.1. The van der Waals surface area contributed by atoms with Crippen molar-refractivity contribution in [2.45, 2.75) is 51.2 Å². The number of aromatic nitrogens is 2. The summed E-state index contributed by atoms with van der Waals surface area (Å²) in [6.07, 6.45) is 11.5. The molecule has 4 nitrogen and oxygen atoms in total. The zero-order valence-corrected chi connectivity index (χ0v) is 11.1. The Balaban J connectivity index is 1.95. The number of hydrogen-bond acceptors (Lipinski definition) is 4. The second kappa shape index (κ2) is 7.44. The van der Waals surface area contributed by atoms with Gasteiger partial charge in [0.05, 0.1) is 17.8 Å². The number of nitrogens with zero attached hydrogens (tertiary/aromatic N) is 2. The molecule has 1 fully saturated rings. The summed E-state index contributed by atoms with van der Waals surface area (Å²) in [5, 5.41) is 3.55. The molecule has 0 spiro atoms. The summed E-state index contributed by atoms with van der Waals surface area (Å²) in [5.41, 5.74) is 1.03. The first-order valence-electron chi connectivity index (χ1n) is 7.01. The van der Waals surface area contributed by atoms with E-state index in [9.17, 15) is 0 Å². The fourth-order valence-electron chi connectivity index (χ4n) is 2.37. The van der Waals surface area contributed by atoms with Crippen LogP contribution < -0.4 is 5.32 Å². The Hall–Kier alpha value is -1.00. The number of nitrogens with one attached hydrogen (secondary N) is 1. The Labute approximate surface area is 109 Å². The molecule has 2 unspecified atom stereocenters. The normalized spacial score (nSPS) is 21.7. The zero-order chi connectivity index (χ0) is 12.6. The van der Waals surface area contributed by atoms with Gasteiger partial charge in [-0.2, -0.15) is 0 Å². The molecule has 2 rings (SSSR count). The van der Waals surface area contributed by atoms with Crippen LogP contribution in [0, 0.1) is 0 Å². The van der Waals surface area contributed by atoms with E-state index in [-0.39, 0.29) is 6.04 Å². The molecule has 1 aliphatic rings. The van der Waals surface area contributed by atoms with Crippen molar-refractivity contribution in [2.75, 3.05) is 13.2 Å². The van der Waals surface area contributed by atoms with Crippen LogP contribution in [0.4, 0.5) is 0 Å². The molecule has 0 amide bonds. The molecule has 1 aliphatic heterocycles. The minimum atomic E-state index is 0.266. The third-order valence-electron chi connectivity index (χ3n) is 3.35. The van der Waals surface area contributed by atoms with Gasteiger partial charge in [-0.15, -0.1) is 0 Å². The van der Waals surface area contributed by atoms with E-state index in [2.05, 4.69) is 22.2 Å². The lowest BCUT2D eigenvalue weighted by Gasteiger charge is -2.27. The van der Waals surface area contributed by atoms with Crippen molar-refractivity contribution >= 4 is 0 Å². The lowest BCUT2D eigenvalue weighted by atomic mass is 10.00. The summed E-state index contributed by atoms with van der Waals surface area (Å²) in [6.45, 7) is 4.09. The molecular weight excluding hydrogens is 226 g/mol. The molecule has 2 atom stereocenters. The van der Waals surface area contributed by atoms with Crippen LogP contribution in [0.2, 0.25) is 0 Å². The van der Waals surface area contributed by atoms with Crippen molar-refractivity contribution < 1.29 is 4.74 Å². The monoisotopic (exact) mass is 249 g/mol. The van der Waals surface area contributed by atoms with Crippen LogP contribution in [-0.2, 0) is 4.74 Å². The molecule has 1 saturated heterocycles. The van der Waals surface area contributed by atoms with E-state index < -0.39 is 0 Å². The van der Waals surface area contributed by atoms with Gasteiger partial charge in [0.25, 0.3) is 0 Å². The maximum atomic E-state index is 5.82. The van der Waals surface area contributed by atoms with E-state index in [1.807, 2.05) is 6.20 Å². The Kier molecular flexibility index (Phi) is 5.55. The Bertz CT molecular complexity index is 325. The van der Waals surface area contributed by atoms with Gasteiger partial charge in [-0.05, 0) is 38.6 Å². The van der Waals surface area contributed by atoms with Crippen LogP contribution in [0.3, 0.4) is 0 Å². The van der Waals surface area contributed by atoms with Crippen LogP contribution in [0.15, 0.2) is 18.6 Å². The third kappa shape index (κ3) is 4.03. The van der Waals surface area contributed by atoms with Gasteiger partial charge in [-0.3, -0.25) is 9.97 Å². The highest BCUT2D eigenvalue weighted by molar-refractivity contribution is 5.03. The van der Waals surface area contributed by atoms with Gasteiger partial charge in [0.1, 0.15) is 0 Å². The molecule has 4 heteroatoms. The lowest BCUT2D eigenvalue weighted by molar-refractivity contribution is 0.00477. The summed E-state index contributed by atoms with van der Waals surface area (Å²) in [5.74, 6) is 0. The van der Waals surface area contributed by atoms with Gasteiger partial charge in [-0.25, -0.2) is 0 Å². The van der Waals surface area contributed by atoms with Crippen LogP contribution >= 0.6 is 0 Å². The summed E-state index contributed by atoms with van der Waals surface area (Å²) < 4.78 is 5.82.